The Labute approximate surface area is 180 Å². The van der Waals surface area contributed by atoms with Crippen molar-refractivity contribution in [1.29, 1.82) is 0 Å². The molecule has 4 heteroatoms. The molecule has 0 saturated heterocycles. The molecule has 2 nitrogen and oxygen atoms in total. The number of halogens is 1. The van der Waals surface area contributed by atoms with Crippen molar-refractivity contribution >= 4 is 27.3 Å². The fourth-order valence-electron chi connectivity index (χ4n) is 2.88. The van der Waals surface area contributed by atoms with Gasteiger partial charge in [-0.25, -0.2) is 0 Å². The summed E-state index contributed by atoms with van der Waals surface area (Å²) in [6.07, 6.45) is 1.11. The molecular formula is C24H24BrNOS. The zero-order chi connectivity index (χ0) is 19.6. The Morgan fingerprint density at radius 1 is 1.07 bits per heavy atom. The molecule has 0 aliphatic carbocycles. The Morgan fingerprint density at radius 2 is 1.93 bits per heavy atom. The molecule has 2 aromatic carbocycles. The second-order valence-electron chi connectivity index (χ2n) is 6.55. The molecular weight excluding hydrogens is 430 g/mol. The summed E-state index contributed by atoms with van der Waals surface area (Å²) in [6.45, 7) is 5.46. The average Bonchev–Trinajstić information content (AvgIpc) is 3.13. The Kier molecular flexibility index (Phi) is 8.17. The predicted molar refractivity (Wildman–Crippen MR) is 122 cm³/mol. The molecule has 0 spiro atoms. The van der Waals surface area contributed by atoms with E-state index in [1.54, 1.807) is 11.3 Å². The molecule has 0 bridgehead atoms. The van der Waals surface area contributed by atoms with Crippen molar-refractivity contribution in [2.75, 3.05) is 13.1 Å². The Bertz CT molecular complexity index is 926. The molecule has 0 unspecified atom stereocenters. The largest absolute Gasteiger partial charge is 0.488 e. The fraction of sp³-hybridized carbons (Fsp3) is 0.250. The van der Waals surface area contributed by atoms with Crippen LogP contribution >= 0.6 is 27.3 Å². The van der Waals surface area contributed by atoms with Crippen molar-refractivity contribution in [3.8, 4) is 17.6 Å². The van der Waals surface area contributed by atoms with E-state index in [4.69, 9.17) is 4.74 Å². The first-order valence-corrected chi connectivity index (χ1v) is 11.1. The predicted octanol–water partition coefficient (Wildman–Crippen LogP) is 6.35. The highest BCUT2D eigenvalue weighted by Gasteiger charge is 2.06. The van der Waals surface area contributed by atoms with Crippen LogP contribution in [0.3, 0.4) is 0 Å². The molecule has 0 radical (unpaired) electrons. The molecule has 1 heterocycles. The average molecular weight is 454 g/mol. The fourth-order valence-corrected chi connectivity index (χ4v) is 4.24. The van der Waals surface area contributed by atoms with Gasteiger partial charge in [-0.2, -0.15) is 0 Å². The molecule has 0 saturated carbocycles. The highest BCUT2D eigenvalue weighted by atomic mass is 79.9. The van der Waals surface area contributed by atoms with E-state index in [2.05, 4.69) is 69.2 Å². The molecule has 144 valence electrons. The molecule has 0 N–H and O–H groups in total. The lowest BCUT2D eigenvalue weighted by atomic mass is 10.2. The zero-order valence-corrected chi connectivity index (χ0v) is 18.4. The highest BCUT2D eigenvalue weighted by Crippen LogP contribution is 2.22. The van der Waals surface area contributed by atoms with Crippen LogP contribution in [-0.4, -0.2) is 18.0 Å². The van der Waals surface area contributed by atoms with E-state index < -0.39 is 0 Å². The van der Waals surface area contributed by atoms with Crippen molar-refractivity contribution in [1.82, 2.24) is 4.90 Å². The monoisotopic (exact) mass is 453 g/mol. The van der Waals surface area contributed by atoms with Gasteiger partial charge in [-0.1, -0.05) is 49.1 Å². The maximum absolute atomic E-state index is 5.97. The van der Waals surface area contributed by atoms with Crippen LogP contribution < -0.4 is 4.74 Å². The lowest BCUT2D eigenvalue weighted by Crippen LogP contribution is -2.24. The SMILES string of the molecule is CCCN(CC#Cc1ccccc1)Cc1cccc(OCc2cc(Br)cs2)c1. The smallest absolute Gasteiger partial charge is 0.122 e. The summed E-state index contributed by atoms with van der Waals surface area (Å²) >= 11 is 5.19. The van der Waals surface area contributed by atoms with Crippen LogP contribution in [0, 0.1) is 11.8 Å². The van der Waals surface area contributed by atoms with Crippen molar-refractivity contribution in [3.63, 3.8) is 0 Å². The first-order chi connectivity index (χ1) is 13.7. The minimum Gasteiger partial charge on any atom is -0.488 e. The minimum atomic E-state index is 0.598. The first kappa shape index (κ1) is 20.7. The summed E-state index contributed by atoms with van der Waals surface area (Å²) in [5.74, 6) is 7.48. The van der Waals surface area contributed by atoms with Gasteiger partial charge in [-0.05, 0) is 64.8 Å². The molecule has 0 fully saturated rings. The van der Waals surface area contributed by atoms with Gasteiger partial charge in [0.2, 0.25) is 0 Å². The van der Waals surface area contributed by atoms with Gasteiger partial charge in [0.15, 0.2) is 0 Å². The van der Waals surface area contributed by atoms with E-state index in [0.29, 0.717) is 6.61 Å². The third kappa shape index (κ3) is 6.83. The topological polar surface area (TPSA) is 12.5 Å². The molecule has 0 aliphatic heterocycles. The number of ether oxygens (including phenoxy) is 1. The minimum absolute atomic E-state index is 0.598. The Morgan fingerprint density at radius 3 is 2.68 bits per heavy atom. The summed E-state index contributed by atoms with van der Waals surface area (Å²) in [5.41, 5.74) is 2.31. The molecule has 3 aromatic rings. The standard InChI is InChI=1S/C24H24BrNOS/c1-2-13-26(14-7-11-20-8-4-3-5-9-20)17-21-10-6-12-23(15-21)27-18-24-16-22(25)19-28-24/h3-6,8-10,12,15-16,19H,2,13-14,17-18H2,1H3. The van der Waals surface area contributed by atoms with Crippen LogP contribution in [0.2, 0.25) is 0 Å². The van der Waals surface area contributed by atoms with Gasteiger partial charge in [0.25, 0.3) is 0 Å². The maximum atomic E-state index is 5.97. The summed E-state index contributed by atoms with van der Waals surface area (Å²) in [4.78, 5) is 3.59. The van der Waals surface area contributed by atoms with Gasteiger partial charge in [-0.15, -0.1) is 11.3 Å². The summed E-state index contributed by atoms with van der Waals surface area (Å²) in [5, 5.41) is 2.08. The molecule has 0 amide bonds. The molecule has 28 heavy (non-hydrogen) atoms. The van der Waals surface area contributed by atoms with Gasteiger partial charge < -0.3 is 4.74 Å². The van der Waals surface area contributed by atoms with Gasteiger partial charge in [0, 0.05) is 26.8 Å². The summed E-state index contributed by atoms with van der Waals surface area (Å²) in [7, 11) is 0. The van der Waals surface area contributed by atoms with Crippen LogP contribution in [0.5, 0.6) is 5.75 Å². The molecule has 3 rings (SSSR count). The van der Waals surface area contributed by atoms with Crippen LogP contribution in [0.25, 0.3) is 0 Å². The van der Waals surface area contributed by atoms with E-state index >= 15 is 0 Å². The van der Waals surface area contributed by atoms with Crippen LogP contribution in [0.4, 0.5) is 0 Å². The van der Waals surface area contributed by atoms with E-state index in [1.807, 2.05) is 36.4 Å². The van der Waals surface area contributed by atoms with E-state index in [0.717, 1.165) is 41.8 Å². The normalized spacial score (nSPS) is 10.5. The zero-order valence-electron chi connectivity index (χ0n) is 16.0. The van der Waals surface area contributed by atoms with Crippen molar-refractivity contribution in [2.24, 2.45) is 0 Å². The maximum Gasteiger partial charge on any atom is 0.122 e. The lowest BCUT2D eigenvalue weighted by molar-refractivity contribution is 0.294. The first-order valence-electron chi connectivity index (χ1n) is 9.44. The van der Waals surface area contributed by atoms with Crippen molar-refractivity contribution in [2.45, 2.75) is 26.5 Å². The third-order valence-electron chi connectivity index (χ3n) is 4.16. The molecule has 1 aromatic heterocycles. The lowest BCUT2D eigenvalue weighted by Gasteiger charge is -2.19. The van der Waals surface area contributed by atoms with E-state index in [1.165, 1.54) is 10.4 Å². The van der Waals surface area contributed by atoms with Crippen LogP contribution in [0.15, 0.2) is 70.5 Å². The van der Waals surface area contributed by atoms with Gasteiger partial charge >= 0.3 is 0 Å². The second-order valence-corrected chi connectivity index (χ2v) is 8.46. The van der Waals surface area contributed by atoms with E-state index in [-0.39, 0.29) is 0 Å². The number of thiophene rings is 1. The third-order valence-corrected chi connectivity index (χ3v) is 5.83. The quantitative estimate of drug-likeness (QED) is 0.368. The van der Waals surface area contributed by atoms with Crippen LogP contribution in [0.1, 0.15) is 29.3 Å². The van der Waals surface area contributed by atoms with Crippen LogP contribution in [-0.2, 0) is 13.2 Å². The number of hydrogen-bond acceptors (Lipinski definition) is 3. The van der Waals surface area contributed by atoms with Crippen molar-refractivity contribution < 1.29 is 4.74 Å². The number of rotatable bonds is 8. The number of nitrogens with zero attached hydrogens (tertiary/aromatic N) is 1. The summed E-state index contributed by atoms with van der Waals surface area (Å²) in [6, 6.07) is 20.6. The number of benzene rings is 2. The highest BCUT2D eigenvalue weighted by molar-refractivity contribution is 9.10. The van der Waals surface area contributed by atoms with Gasteiger partial charge in [0.1, 0.15) is 12.4 Å². The number of hydrogen-bond donors (Lipinski definition) is 0. The molecule has 0 atom stereocenters. The van der Waals surface area contributed by atoms with Gasteiger partial charge in [-0.3, -0.25) is 4.90 Å². The Balaban J connectivity index is 1.58. The molecule has 0 aliphatic rings. The summed E-state index contributed by atoms with van der Waals surface area (Å²) < 4.78 is 7.08. The van der Waals surface area contributed by atoms with Crippen molar-refractivity contribution in [3.05, 3.63) is 86.5 Å². The van der Waals surface area contributed by atoms with E-state index in [9.17, 15) is 0 Å². The second kappa shape index (κ2) is 11.1. The van der Waals surface area contributed by atoms with Gasteiger partial charge in [0.05, 0.1) is 6.54 Å². The Hall–Kier alpha value is -2.06.